The third-order valence-corrected chi connectivity index (χ3v) is 10.1. The number of phosphoric acid groups is 1. The van der Waals surface area contributed by atoms with Crippen LogP contribution in [-0.4, -0.2) is 82.2 Å². The topological polar surface area (TPSA) is 124 Å². The van der Waals surface area contributed by atoms with Crippen LogP contribution >= 0.6 is 7.82 Å². The first kappa shape index (κ1) is 49.2. The molecule has 4 atom stereocenters. The molecule has 1 aliphatic heterocycles. The Kier molecular flexibility index (Phi) is 29.2. The minimum absolute atomic E-state index is 0.0448. The smallest absolute Gasteiger partial charge is 0.306 e. The highest BCUT2D eigenvalue weighted by Crippen LogP contribution is 2.38. The molecule has 0 aromatic rings. The number of epoxide rings is 1. The average molecular weight is 770 g/mol. The molecule has 53 heavy (non-hydrogen) atoms. The molecule has 0 spiro atoms. The second-order valence-corrected chi connectivity index (χ2v) is 16.8. The predicted molar refractivity (Wildman–Crippen MR) is 212 cm³/mol. The van der Waals surface area contributed by atoms with Crippen LogP contribution in [0.15, 0.2) is 36.5 Å². The van der Waals surface area contributed by atoms with E-state index in [1.54, 1.807) is 0 Å². The SMILES string of the molecule is CCCCC/C=C\C/C=C\C/C=C\CC1OC1CCCC(=O)OC(COC(=O)CCCCCCCCCCCCC)COP(=O)([O-])OCC[N+](C)(C)C. The van der Waals surface area contributed by atoms with Crippen molar-refractivity contribution in [1.82, 2.24) is 0 Å². The molecule has 1 aliphatic rings. The summed E-state index contributed by atoms with van der Waals surface area (Å²) in [5.74, 6) is -0.912. The van der Waals surface area contributed by atoms with Crippen LogP contribution in [0.3, 0.4) is 0 Å². The fourth-order valence-corrected chi connectivity index (χ4v) is 6.41. The summed E-state index contributed by atoms with van der Waals surface area (Å²) in [7, 11) is 1.12. The molecule has 0 bridgehead atoms. The number of likely N-dealkylation sites (N-methyl/N-ethyl adjacent to an activating group) is 1. The number of unbranched alkanes of at least 4 members (excludes halogenated alkanes) is 13. The molecular formula is C42H76NO9P. The van der Waals surface area contributed by atoms with Gasteiger partial charge in [0.2, 0.25) is 0 Å². The normalized spacial score (nSPS) is 17.8. The first-order valence-electron chi connectivity index (χ1n) is 20.8. The van der Waals surface area contributed by atoms with Crippen molar-refractivity contribution in [3.63, 3.8) is 0 Å². The highest BCUT2D eigenvalue weighted by molar-refractivity contribution is 7.45. The molecular weight excluding hydrogens is 693 g/mol. The second kappa shape index (κ2) is 31.4. The lowest BCUT2D eigenvalue weighted by Crippen LogP contribution is -2.37. The van der Waals surface area contributed by atoms with E-state index in [-0.39, 0.29) is 38.3 Å². The minimum atomic E-state index is -4.64. The highest BCUT2D eigenvalue weighted by atomic mass is 31.2. The van der Waals surface area contributed by atoms with Crippen LogP contribution < -0.4 is 4.89 Å². The molecule has 0 amide bonds. The van der Waals surface area contributed by atoms with E-state index in [2.05, 4.69) is 50.3 Å². The van der Waals surface area contributed by atoms with Gasteiger partial charge in [-0.3, -0.25) is 14.2 Å². The number of hydrogen-bond donors (Lipinski definition) is 0. The van der Waals surface area contributed by atoms with Gasteiger partial charge in [-0.2, -0.15) is 0 Å². The summed E-state index contributed by atoms with van der Waals surface area (Å²) in [6, 6.07) is 0. The Labute approximate surface area is 323 Å². The van der Waals surface area contributed by atoms with Gasteiger partial charge in [0.1, 0.15) is 19.8 Å². The van der Waals surface area contributed by atoms with Gasteiger partial charge >= 0.3 is 11.9 Å². The number of hydrogen-bond acceptors (Lipinski definition) is 9. The van der Waals surface area contributed by atoms with Crippen molar-refractivity contribution >= 4 is 19.8 Å². The van der Waals surface area contributed by atoms with E-state index in [9.17, 15) is 19.0 Å². The van der Waals surface area contributed by atoms with Crippen molar-refractivity contribution in [2.24, 2.45) is 0 Å². The molecule has 308 valence electrons. The van der Waals surface area contributed by atoms with Crippen molar-refractivity contribution in [3.8, 4) is 0 Å². The summed E-state index contributed by atoms with van der Waals surface area (Å²) in [5.41, 5.74) is 0. The Hall–Kier alpha value is -1.81. The predicted octanol–water partition coefficient (Wildman–Crippen LogP) is 9.71. The number of allylic oxidation sites excluding steroid dienone is 5. The highest BCUT2D eigenvalue weighted by Gasteiger charge is 2.36. The van der Waals surface area contributed by atoms with Gasteiger partial charge in [0.15, 0.2) is 6.10 Å². The standard InChI is InChI=1S/C42H76NO9P/c1-6-8-10-12-14-16-18-20-21-23-25-27-30-39-40(52-39)31-29-33-42(45)51-38(37-50-53(46,47)49-35-34-43(3,4)5)36-48-41(44)32-28-26-24-22-19-17-15-13-11-9-7-2/h14,16,20-21,25,27,38-40H,6-13,15,17-19,22-24,26,28-37H2,1-5H3/b16-14-,21-20-,27-25-. The van der Waals surface area contributed by atoms with Crippen LogP contribution in [0.1, 0.15) is 155 Å². The third-order valence-electron chi connectivity index (χ3n) is 9.09. The summed E-state index contributed by atoms with van der Waals surface area (Å²) >= 11 is 0. The van der Waals surface area contributed by atoms with Crippen LogP contribution in [0, 0.1) is 0 Å². The molecule has 1 rings (SSSR count). The number of ether oxygens (including phenoxy) is 3. The van der Waals surface area contributed by atoms with Crippen LogP contribution in [0.5, 0.6) is 0 Å². The van der Waals surface area contributed by atoms with Crippen LogP contribution in [-0.2, 0) is 37.4 Å². The lowest BCUT2D eigenvalue weighted by molar-refractivity contribution is -0.870. The molecule has 0 aliphatic carbocycles. The monoisotopic (exact) mass is 770 g/mol. The molecule has 0 saturated carbocycles. The Bertz CT molecular complexity index is 1070. The molecule has 11 heteroatoms. The van der Waals surface area contributed by atoms with E-state index in [1.165, 1.54) is 70.6 Å². The number of nitrogens with zero attached hydrogens (tertiary/aromatic N) is 1. The first-order chi connectivity index (χ1) is 25.5. The Morgan fingerprint density at radius 3 is 1.91 bits per heavy atom. The van der Waals surface area contributed by atoms with E-state index in [4.69, 9.17) is 23.3 Å². The molecule has 1 fully saturated rings. The first-order valence-corrected chi connectivity index (χ1v) is 22.3. The summed E-state index contributed by atoms with van der Waals surface area (Å²) in [4.78, 5) is 37.5. The quantitative estimate of drug-likeness (QED) is 0.0153. The Balaban J connectivity index is 2.37. The van der Waals surface area contributed by atoms with E-state index in [1.807, 2.05) is 21.1 Å². The van der Waals surface area contributed by atoms with Gasteiger partial charge in [0.25, 0.3) is 7.82 Å². The average Bonchev–Trinajstić information content (AvgIpc) is 3.85. The van der Waals surface area contributed by atoms with E-state index >= 15 is 0 Å². The number of carbonyl (C=O) groups is 2. The zero-order valence-corrected chi connectivity index (χ0v) is 35.0. The zero-order valence-electron chi connectivity index (χ0n) is 34.1. The van der Waals surface area contributed by atoms with Crippen molar-refractivity contribution in [2.45, 2.75) is 173 Å². The molecule has 10 nitrogen and oxygen atoms in total. The molecule has 1 heterocycles. The summed E-state index contributed by atoms with van der Waals surface area (Å²) in [6.07, 6.45) is 34.7. The van der Waals surface area contributed by atoms with Crippen molar-refractivity contribution in [1.29, 1.82) is 0 Å². The lowest BCUT2D eigenvalue weighted by atomic mass is 10.1. The number of phosphoric ester groups is 1. The van der Waals surface area contributed by atoms with Gasteiger partial charge in [-0.25, -0.2) is 0 Å². The van der Waals surface area contributed by atoms with Gasteiger partial charge in [0, 0.05) is 12.8 Å². The number of esters is 2. The fourth-order valence-electron chi connectivity index (χ4n) is 5.68. The van der Waals surface area contributed by atoms with Crippen LogP contribution in [0.4, 0.5) is 0 Å². The van der Waals surface area contributed by atoms with E-state index < -0.39 is 32.5 Å². The van der Waals surface area contributed by atoms with Gasteiger partial charge in [-0.05, 0) is 51.4 Å². The third kappa shape index (κ3) is 32.2. The van der Waals surface area contributed by atoms with Crippen LogP contribution in [0.25, 0.3) is 0 Å². The lowest BCUT2D eigenvalue weighted by Gasteiger charge is -2.28. The Morgan fingerprint density at radius 1 is 0.698 bits per heavy atom. The van der Waals surface area contributed by atoms with Gasteiger partial charge < -0.3 is 32.6 Å². The number of rotatable bonds is 36. The number of quaternary nitrogens is 1. The molecule has 0 radical (unpaired) electrons. The molecule has 0 aromatic heterocycles. The van der Waals surface area contributed by atoms with Crippen molar-refractivity contribution in [3.05, 3.63) is 36.5 Å². The number of carbonyl (C=O) groups excluding carboxylic acids is 2. The van der Waals surface area contributed by atoms with Gasteiger partial charge in [-0.15, -0.1) is 0 Å². The molecule has 1 saturated heterocycles. The van der Waals surface area contributed by atoms with Crippen LogP contribution in [0.2, 0.25) is 0 Å². The maximum atomic E-state index is 12.7. The molecule has 0 aromatic carbocycles. The Morgan fingerprint density at radius 2 is 1.26 bits per heavy atom. The minimum Gasteiger partial charge on any atom is -0.756 e. The molecule has 4 unspecified atom stereocenters. The maximum Gasteiger partial charge on any atom is 0.306 e. The largest absolute Gasteiger partial charge is 0.756 e. The summed E-state index contributed by atoms with van der Waals surface area (Å²) in [6.45, 7) is 4.09. The zero-order chi connectivity index (χ0) is 39.0. The van der Waals surface area contributed by atoms with Gasteiger partial charge in [0.05, 0.1) is 40.0 Å². The second-order valence-electron chi connectivity index (χ2n) is 15.4. The maximum absolute atomic E-state index is 12.7. The van der Waals surface area contributed by atoms with Crippen molar-refractivity contribution in [2.75, 3.05) is 47.5 Å². The van der Waals surface area contributed by atoms with Crippen molar-refractivity contribution < 1.29 is 46.8 Å². The molecule has 0 N–H and O–H groups in total. The van der Waals surface area contributed by atoms with Gasteiger partial charge in [-0.1, -0.05) is 127 Å². The fraction of sp³-hybridized carbons (Fsp3) is 0.810. The summed E-state index contributed by atoms with van der Waals surface area (Å²) in [5, 5.41) is 0. The summed E-state index contributed by atoms with van der Waals surface area (Å²) < 4.78 is 39.6. The van der Waals surface area contributed by atoms with E-state index in [0.29, 0.717) is 17.4 Å². The van der Waals surface area contributed by atoms with E-state index in [0.717, 1.165) is 51.4 Å².